The van der Waals surface area contributed by atoms with Crippen LogP contribution in [0.25, 0.3) is 0 Å². The third kappa shape index (κ3) is 8.79. The summed E-state index contributed by atoms with van der Waals surface area (Å²) in [6, 6.07) is 18.3. The van der Waals surface area contributed by atoms with Crippen LogP contribution in [0.5, 0.6) is 0 Å². The van der Waals surface area contributed by atoms with Gasteiger partial charge in [-0.1, -0.05) is 60.7 Å². The van der Waals surface area contributed by atoms with E-state index in [1.165, 1.54) is 80.0 Å². The molecule has 0 aromatic heterocycles. The van der Waals surface area contributed by atoms with E-state index in [-0.39, 0.29) is 0 Å². The molecule has 0 spiro atoms. The Morgan fingerprint density at radius 3 is 1.78 bits per heavy atom. The van der Waals surface area contributed by atoms with E-state index in [4.69, 9.17) is 4.74 Å². The van der Waals surface area contributed by atoms with Gasteiger partial charge < -0.3 is 4.74 Å². The molecule has 3 rings (SSSR count). The second-order valence-corrected chi connectivity index (χ2v) is 9.53. The molecule has 32 heavy (non-hydrogen) atoms. The summed E-state index contributed by atoms with van der Waals surface area (Å²) in [6.45, 7) is 9.13. The van der Waals surface area contributed by atoms with Crippen LogP contribution in [-0.2, 0) is 30.6 Å². The van der Waals surface area contributed by atoms with Crippen molar-refractivity contribution in [3.63, 3.8) is 0 Å². The maximum Gasteiger partial charge on any atom is 0.0717 e. The van der Waals surface area contributed by atoms with Gasteiger partial charge in [0.15, 0.2) is 0 Å². The van der Waals surface area contributed by atoms with Crippen molar-refractivity contribution >= 4 is 0 Å². The van der Waals surface area contributed by atoms with Crippen molar-refractivity contribution in [1.82, 2.24) is 0 Å². The van der Waals surface area contributed by atoms with E-state index in [0.717, 1.165) is 31.3 Å². The molecular formula is C31H42O. The molecule has 0 bridgehead atoms. The number of allylic oxidation sites excluding steroid dienone is 1. The topological polar surface area (TPSA) is 9.23 Å². The number of benzene rings is 2. The normalized spacial score (nSPS) is 18.4. The largest absolute Gasteiger partial charge is 0.376 e. The van der Waals surface area contributed by atoms with Crippen LogP contribution in [-0.4, -0.2) is 6.61 Å². The fourth-order valence-corrected chi connectivity index (χ4v) is 4.77. The zero-order chi connectivity index (χ0) is 22.4. The zero-order valence-corrected chi connectivity index (χ0v) is 19.9. The average molecular weight is 431 g/mol. The summed E-state index contributed by atoms with van der Waals surface area (Å²) in [5.74, 6) is 1.70. The second-order valence-electron chi connectivity index (χ2n) is 9.53. The van der Waals surface area contributed by atoms with Crippen LogP contribution in [0.2, 0.25) is 0 Å². The lowest BCUT2D eigenvalue weighted by molar-refractivity contribution is 0.125. The maximum absolute atomic E-state index is 5.64. The van der Waals surface area contributed by atoms with E-state index in [1.54, 1.807) is 0 Å². The quantitative estimate of drug-likeness (QED) is 0.216. The van der Waals surface area contributed by atoms with E-state index in [2.05, 4.69) is 67.8 Å². The van der Waals surface area contributed by atoms with E-state index >= 15 is 0 Å². The van der Waals surface area contributed by atoms with Gasteiger partial charge in [-0.15, -0.1) is 13.2 Å². The van der Waals surface area contributed by atoms with Gasteiger partial charge in [-0.05, 0) is 105 Å². The molecule has 0 radical (unpaired) electrons. The zero-order valence-electron chi connectivity index (χ0n) is 19.9. The SMILES string of the molecule is C=CCCOCc1ccc(CCCCc2ccc(CC[C@H]3CC[C@H](C=C)CC3)cc2)cc1. The van der Waals surface area contributed by atoms with Crippen LogP contribution in [0.3, 0.4) is 0 Å². The Bertz CT molecular complexity index is 778. The monoisotopic (exact) mass is 430 g/mol. The highest BCUT2D eigenvalue weighted by molar-refractivity contribution is 5.24. The molecule has 1 heteroatoms. The van der Waals surface area contributed by atoms with Crippen molar-refractivity contribution in [3.8, 4) is 0 Å². The summed E-state index contributed by atoms with van der Waals surface area (Å²) in [4.78, 5) is 0. The molecule has 1 nitrogen and oxygen atoms in total. The lowest BCUT2D eigenvalue weighted by Crippen LogP contribution is -2.13. The molecule has 1 saturated carbocycles. The minimum absolute atomic E-state index is 0.695. The van der Waals surface area contributed by atoms with Crippen molar-refractivity contribution in [3.05, 3.63) is 96.1 Å². The molecule has 2 aromatic rings. The lowest BCUT2D eigenvalue weighted by atomic mass is 9.79. The van der Waals surface area contributed by atoms with Crippen LogP contribution < -0.4 is 0 Å². The summed E-state index contributed by atoms with van der Waals surface area (Å²) in [7, 11) is 0. The fraction of sp³-hybridized carbons (Fsp3) is 0.484. The van der Waals surface area contributed by atoms with Gasteiger partial charge in [0.05, 0.1) is 13.2 Å². The Labute approximate surface area is 196 Å². The van der Waals surface area contributed by atoms with Crippen molar-refractivity contribution in [2.75, 3.05) is 6.61 Å². The standard InChI is InChI=1S/C31H42O/c1-3-5-24-32-25-31-22-20-28(21-23-31)9-7-6-8-27-14-16-30(17-15-27)19-18-29-12-10-26(4-2)11-13-29/h3-4,14-17,20-23,26,29H,1-2,5-13,18-19,24-25H2/t26-,29-. The lowest BCUT2D eigenvalue weighted by Gasteiger charge is -2.26. The highest BCUT2D eigenvalue weighted by Gasteiger charge is 2.18. The molecule has 2 aromatic carbocycles. The van der Waals surface area contributed by atoms with Crippen molar-refractivity contribution in [2.45, 2.75) is 77.2 Å². The first kappa shape index (κ1) is 24.5. The third-order valence-corrected chi connectivity index (χ3v) is 7.03. The minimum atomic E-state index is 0.695. The molecule has 0 atom stereocenters. The molecule has 0 unspecified atom stereocenters. The highest BCUT2D eigenvalue weighted by Crippen LogP contribution is 2.32. The van der Waals surface area contributed by atoms with Gasteiger partial charge in [0.1, 0.15) is 0 Å². The smallest absolute Gasteiger partial charge is 0.0717 e. The summed E-state index contributed by atoms with van der Waals surface area (Å²) in [5.41, 5.74) is 5.67. The summed E-state index contributed by atoms with van der Waals surface area (Å²) < 4.78 is 5.64. The number of hydrogen-bond acceptors (Lipinski definition) is 1. The number of rotatable bonds is 14. The summed E-state index contributed by atoms with van der Waals surface area (Å²) in [6.07, 6.45) is 17.9. The molecule has 1 aliphatic rings. The minimum Gasteiger partial charge on any atom is -0.376 e. The third-order valence-electron chi connectivity index (χ3n) is 7.03. The van der Waals surface area contributed by atoms with Crippen LogP contribution in [0, 0.1) is 11.8 Å². The molecule has 0 saturated heterocycles. The molecular weight excluding hydrogens is 388 g/mol. The molecule has 1 fully saturated rings. The Hall–Kier alpha value is -2.12. The molecule has 0 heterocycles. The number of ether oxygens (including phenoxy) is 1. The van der Waals surface area contributed by atoms with Gasteiger partial charge in [-0.25, -0.2) is 0 Å². The van der Waals surface area contributed by atoms with Crippen LogP contribution in [0.4, 0.5) is 0 Å². The Kier molecular flexibility index (Phi) is 10.8. The summed E-state index contributed by atoms with van der Waals surface area (Å²) >= 11 is 0. The van der Waals surface area contributed by atoms with Crippen LogP contribution >= 0.6 is 0 Å². The van der Waals surface area contributed by atoms with Crippen LogP contribution in [0.15, 0.2) is 73.8 Å². The number of hydrogen-bond donors (Lipinski definition) is 0. The van der Waals surface area contributed by atoms with E-state index in [0.29, 0.717) is 6.61 Å². The van der Waals surface area contributed by atoms with Crippen molar-refractivity contribution in [1.29, 1.82) is 0 Å². The first-order chi connectivity index (χ1) is 15.8. The van der Waals surface area contributed by atoms with E-state index in [9.17, 15) is 0 Å². The molecule has 0 N–H and O–H groups in total. The highest BCUT2D eigenvalue weighted by atomic mass is 16.5. The Morgan fingerprint density at radius 1 is 0.719 bits per heavy atom. The van der Waals surface area contributed by atoms with Gasteiger partial charge >= 0.3 is 0 Å². The van der Waals surface area contributed by atoms with Gasteiger partial charge in [-0.2, -0.15) is 0 Å². The van der Waals surface area contributed by atoms with Gasteiger partial charge in [0.25, 0.3) is 0 Å². The molecule has 1 aliphatic carbocycles. The number of aryl methyl sites for hydroxylation is 3. The first-order valence-corrected chi connectivity index (χ1v) is 12.7. The van der Waals surface area contributed by atoms with Gasteiger partial charge in [0.2, 0.25) is 0 Å². The average Bonchev–Trinajstić information content (AvgIpc) is 2.85. The fourth-order valence-electron chi connectivity index (χ4n) is 4.77. The van der Waals surface area contributed by atoms with E-state index < -0.39 is 0 Å². The number of unbranched alkanes of at least 4 members (excludes halogenated alkanes) is 1. The Balaban J connectivity index is 1.29. The molecule has 0 amide bonds. The van der Waals surface area contributed by atoms with Crippen molar-refractivity contribution in [2.24, 2.45) is 11.8 Å². The maximum atomic E-state index is 5.64. The Morgan fingerprint density at radius 2 is 1.25 bits per heavy atom. The molecule has 0 aliphatic heterocycles. The van der Waals surface area contributed by atoms with Gasteiger partial charge in [0, 0.05) is 0 Å². The first-order valence-electron chi connectivity index (χ1n) is 12.7. The predicted molar refractivity (Wildman–Crippen MR) is 138 cm³/mol. The predicted octanol–water partition coefficient (Wildman–Crippen LogP) is 8.27. The van der Waals surface area contributed by atoms with Crippen LogP contribution in [0.1, 0.15) is 73.6 Å². The van der Waals surface area contributed by atoms with E-state index in [1.807, 2.05) is 6.08 Å². The summed E-state index contributed by atoms with van der Waals surface area (Å²) in [5, 5.41) is 0. The molecule has 172 valence electrons. The second kappa shape index (κ2) is 14.1. The van der Waals surface area contributed by atoms with Gasteiger partial charge in [-0.3, -0.25) is 0 Å². The van der Waals surface area contributed by atoms with Crippen molar-refractivity contribution < 1.29 is 4.74 Å².